The van der Waals surface area contributed by atoms with Crippen LogP contribution in [0.1, 0.15) is 13.3 Å². The Hall–Kier alpha value is -1.71. The van der Waals surface area contributed by atoms with E-state index in [1.54, 1.807) is 31.2 Å². The van der Waals surface area contributed by atoms with Crippen LogP contribution in [0.3, 0.4) is 0 Å². The van der Waals surface area contributed by atoms with Crippen LogP contribution in [0.4, 0.5) is 5.69 Å². The van der Waals surface area contributed by atoms with E-state index in [-0.39, 0.29) is 11.3 Å². The van der Waals surface area contributed by atoms with E-state index in [2.05, 4.69) is 5.11 Å². The van der Waals surface area contributed by atoms with E-state index in [1.807, 2.05) is 6.07 Å². The summed E-state index contributed by atoms with van der Waals surface area (Å²) in [4.78, 5) is 11.0. The van der Waals surface area contributed by atoms with Gasteiger partial charge in [-0.3, -0.25) is 0 Å². The lowest BCUT2D eigenvalue weighted by molar-refractivity contribution is -0.445. The maximum atomic E-state index is 10.9. The molecule has 1 rings (SSSR count). The zero-order valence-corrected chi connectivity index (χ0v) is 7.30. The van der Waals surface area contributed by atoms with Gasteiger partial charge in [-0.2, -0.15) is 0 Å². The van der Waals surface area contributed by atoms with E-state index < -0.39 is 5.91 Å². The van der Waals surface area contributed by atoms with Crippen molar-refractivity contribution in [1.82, 2.24) is 0 Å². The summed E-state index contributed by atoms with van der Waals surface area (Å²) in [6.07, 6.45) is 0.167. The van der Waals surface area contributed by atoms with Gasteiger partial charge >= 0.3 is 5.91 Å². The van der Waals surface area contributed by atoms with E-state index >= 15 is 0 Å². The van der Waals surface area contributed by atoms with Gasteiger partial charge in [-0.05, 0) is 17.0 Å². The summed E-state index contributed by atoms with van der Waals surface area (Å²) in [5.74, 6) is -0.538. The lowest BCUT2D eigenvalue weighted by Gasteiger charge is -1.94. The van der Waals surface area contributed by atoms with Gasteiger partial charge in [0.15, 0.2) is 0 Å². The topological polar surface area (TPSA) is 55.5 Å². The van der Waals surface area contributed by atoms with Gasteiger partial charge in [-0.15, -0.1) is 0 Å². The van der Waals surface area contributed by atoms with Crippen LogP contribution >= 0.6 is 0 Å². The predicted octanol–water partition coefficient (Wildman–Crippen LogP) is 2.22. The molecule has 0 heterocycles. The van der Waals surface area contributed by atoms with Gasteiger partial charge in [-0.25, -0.2) is 4.79 Å². The van der Waals surface area contributed by atoms with Gasteiger partial charge in [0, 0.05) is 5.11 Å². The molecule has 13 heavy (non-hydrogen) atoms. The number of hydroxylamine groups is 1. The third-order valence-corrected chi connectivity index (χ3v) is 1.48. The minimum Gasteiger partial charge on any atom is -0.592 e. The summed E-state index contributed by atoms with van der Waals surface area (Å²) >= 11 is 0. The minimum atomic E-state index is -0.538. The van der Waals surface area contributed by atoms with E-state index in [9.17, 15) is 10.0 Å². The Bertz CT molecular complexity index is 320. The largest absolute Gasteiger partial charge is 0.592 e. The molecular weight excluding hydrogens is 168 g/mol. The molecule has 1 aromatic rings. The van der Waals surface area contributed by atoms with E-state index in [1.165, 1.54) is 0 Å². The number of carbonyl (C=O) groups is 1. The number of nitrogens with zero attached hydrogens (tertiary/aromatic N) is 2. The van der Waals surface area contributed by atoms with Crippen molar-refractivity contribution in [2.45, 2.75) is 13.3 Å². The van der Waals surface area contributed by atoms with E-state index in [4.69, 9.17) is 0 Å². The summed E-state index contributed by atoms with van der Waals surface area (Å²) < 4.78 is 0. The summed E-state index contributed by atoms with van der Waals surface area (Å²) in [6.45, 7) is 1.62. The number of rotatable bonds is 2. The zero-order chi connectivity index (χ0) is 9.68. The Labute approximate surface area is 76.1 Å². The summed E-state index contributed by atoms with van der Waals surface area (Å²) in [6, 6.07) is 8.64. The Morgan fingerprint density at radius 1 is 1.46 bits per heavy atom. The smallest absolute Gasteiger partial charge is 0.423 e. The van der Waals surface area contributed by atoms with Crippen LogP contribution in [-0.2, 0) is 4.79 Å². The maximum Gasteiger partial charge on any atom is 0.423 e. The summed E-state index contributed by atoms with van der Waals surface area (Å²) in [5.41, 5.74) is 0.485. The molecule has 0 saturated heterocycles. The lowest BCUT2D eigenvalue weighted by atomic mass is 10.3. The highest BCUT2D eigenvalue weighted by Crippen LogP contribution is 2.09. The molecule has 1 amide bonds. The van der Waals surface area contributed by atoms with Crippen molar-refractivity contribution in [3.8, 4) is 0 Å². The van der Waals surface area contributed by atoms with Crippen LogP contribution in [0.15, 0.2) is 35.4 Å². The highest BCUT2D eigenvalue weighted by molar-refractivity contribution is 5.66. The van der Waals surface area contributed by atoms with Crippen molar-refractivity contribution in [2.24, 2.45) is 5.11 Å². The number of hydrogen-bond donors (Lipinski definition) is 0. The van der Waals surface area contributed by atoms with Crippen LogP contribution in [0.2, 0.25) is 0 Å². The van der Waals surface area contributed by atoms with Crippen LogP contribution in [-0.4, -0.2) is 10.8 Å². The number of carbonyl (C=O) groups excluding carboxylic acids is 1. The average molecular weight is 178 g/mol. The molecule has 4 nitrogen and oxygen atoms in total. The van der Waals surface area contributed by atoms with Crippen LogP contribution < -0.4 is 0 Å². The van der Waals surface area contributed by atoms with Gasteiger partial charge in [-0.1, -0.05) is 25.1 Å². The first kappa shape index (κ1) is 9.38. The van der Waals surface area contributed by atoms with Gasteiger partial charge in [0.1, 0.15) is 5.69 Å². The molecule has 0 aromatic heterocycles. The molecule has 1 aromatic carbocycles. The van der Waals surface area contributed by atoms with Gasteiger partial charge < -0.3 is 5.21 Å². The molecule has 0 spiro atoms. The molecule has 0 aliphatic rings. The fourth-order valence-corrected chi connectivity index (χ4v) is 0.791. The first-order valence-corrected chi connectivity index (χ1v) is 4.01. The fourth-order valence-electron chi connectivity index (χ4n) is 0.791. The summed E-state index contributed by atoms with van der Waals surface area (Å²) in [5, 5.41) is 14.5. The van der Waals surface area contributed by atoms with E-state index in [0.29, 0.717) is 5.69 Å². The molecule has 4 heteroatoms. The standard InChI is InChI=1S/C9H10N2O2/c1-2-9(12)11(13)10-8-6-4-3-5-7-8/h3-7H,2H2,1H3. The quantitative estimate of drug-likeness (QED) is 0.396. The molecular formula is C9H10N2O2. The highest BCUT2D eigenvalue weighted by atomic mass is 16.5. The van der Waals surface area contributed by atoms with Crippen LogP contribution in [0.5, 0.6) is 0 Å². The molecule has 0 atom stereocenters. The summed E-state index contributed by atoms with van der Waals surface area (Å²) in [7, 11) is 0. The Balaban J connectivity index is 2.83. The Morgan fingerprint density at radius 2 is 2.08 bits per heavy atom. The minimum absolute atomic E-state index is 0.120. The molecule has 0 aliphatic carbocycles. The molecule has 0 aliphatic heterocycles. The second-order valence-corrected chi connectivity index (χ2v) is 2.46. The SMILES string of the molecule is CCC(=O)[N+]([O-])=Nc1ccccc1. The first-order valence-electron chi connectivity index (χ1n) is 4.01. The van der Waals surface area contributed by atoms with Gasteiger partial charge in [0.2, 0.25) is 0 Å². The van der Waals surface area contributed by atoms with Crippen molar-refractivity contribution < 1.29 is 9.66 Å². The number of hydrogen-bond acceptors (Lipinski definition) is 3. The normalized spacial score (nSPS) is 11.3. The Morgan fingerprint density at radius 3 is 2.62 bits per heavy atom. The average Bonchev–Trinajstić information content (AvgIpc) is 2.18. The Kier molecular flexibility index (Phi) is 3.14. The van der Waals surface area contributed by atoms with Crippen molar-refractivity contribution in [3.05, 3.63) is 35.5 Å². The second kappa shape index (κ2) is 4.35. The predicted molar refractivity (Wildman–Crippen MR) is 47.5 cm³/mol. The fraction of sp³-hybridized carbons (Fsp3) is 0.222. The highest BCUT2D eigenvalue weighted by Gasteiger charge is 2.08. The molecule has 68 valence electrons. The lowest BCUT2D eigenvalue weighted by Crippen LogP contribution is -2.09. The van der Waals surface area contributed by atoms with Crippen molar-refractivity contribution in [2.75, 3.05) is 0 Å². The van der Waals surface area contributed by atoms with Gasteiger partial charge in [0.05, 0.1) is 6.42 Å². The van der Waals surface area contributed by atoms with Crippen molar-refractivity contribution in [1.29, 1.82) is 0 Å². The number of benzene rings is 1. The van der Waals surface area contributed by atoms with E-state index in [0.717, 1.165) is 0 Å². The monoisotopic (exact) mass is 178 g/mol. The van der Waals surface area contributed by atoms with Crippen molar-refractivity contribution >= 4 is 11.6 Å². The molecule has 0 radical (unpaired) electrons. The number of amides is 1. The third kappa shape index (κ3) is 2.66. The van der Waals surface area contributed by atoms with Crippen LogP contribution in [0, 0.1) is 5.21 Å². The van der Waals surface area contributed by atoms with Gasteiger partial charge in [0.25, 0.3) is 0 Å². The maximum absolute atomic E-state index is 10.9. The zero-order valence-electron chi connectivity index (χ0n) is 7.30. The van der Waals surface area contributed by atoms with Crippen LogP contribution in [0.25, 0.3) is 0 Å². The molecule has 0 unspecified atom stereocenters. The molecule has 0 bridgehead atoms. The number of azo groups is 1. The molecule has 0 fully saturated rings. The molecule has 0 N–H and O–H groups in total. The molecule has 0 saturated carbocycles. The second-order valence-electron chi connectivity index (χ2n) is 2.46. The van der Waals surface area contributed by atoms with Crippen molar-refractivity contribution in [3.63, 3.8) is 0 Å². The third-order valence-electron chi connectivity index (χ3n) is 1.48. The first-order chi connectivity index (χ1) is 6.24.